The molecule has 228 valence electrons. The van der Waals surface area contributed by atoms with Gasteiger partial charge < -0.3 is 26.6 Å². The standard InChI is InChI=1S/C34H43N5O4/c35-33(39-34(43)38-30(23-40)31(41)28-17-8-3-9-18-28)37-22-26-14-10-13-25(19-26)21-36-32(42)29(27-15-6-2-7-16-27)20-24-11-4-1-5-12-24/h1-9,11-12,15-18,25-26,29-31,40-41H,10,13-14,19-23H2,(H,36,42)(H4,35,37,38,39,43). The van der Waals surface area contributed by atoms with Gasteiger partial charge in [-0.15, -0.1) is 0 Å². The Bertz CT molecular complexity index is 1310. The van der Waals surface area contributed by atoms with Crippen LogP contribution in [0, 0.1) is 11.8 Å². The maximum atomic E-state index is 13.4. The van der Waals surface area contributed by atoms with Gasteiger partial charge in [-0.2, -0.15) is 0 Å². The summed E-state index contributed by atoms with van der Waals surface area (Å²) in [6, 6.07) is 27.3. The molecule has 3 aromatic carbocycles. The minimum Gasteiger partial charge on any atom is -0.394 e. The second kappa shape index (κ2) is 16.4. The molecule has 1 saturated carbocycles. The van der Waals surface area contributed by atoms with Crippen LogP contribution in [0.2, 0.25) is 0 Å². The van der Waals surface area contributed by atoms with E-state index in [2.05, 4.69) is 33.1 Å². The van der Waals surface area contributed by atoms with Crippen molar-refractivity contribution >= 4 is 17.9 Å². The molecule has 9 heteroatoms. The fourth-order valence-electron chi connectivity index (χ4n) is 5.71. The molecular formula is C34H43N5O4. The van der Waals surface area contributed by atoms with Crippen LogP contribution in [0.5, 0.6) is 0 Å². The Morgan fingerprint density at radius 2 is 1.49 bits per heavy atom. The molecule has 0 radical (unpaired) electrons. The van der Waals surface area contributed by atoms with E-state index in [-0.39, 0.29) is 17.8 Å². The molecule has 7 N–H and O–H groups in total. The Kier molecular flexibility index (Phi) is 12.1. The summed E-state index contributed by atoms with van der Waals surface area (Å²) in [6.07, 6.45) is 3.56. The van der Waals surface area contributed by atoms with E-state index < -0.39 is 24.8 Å². The molecule has 0 spiro atoms. The van der Waals surface area contributed by atoms with Gasteiger partial charge in [0.2, 0.25) is 5.91 Å². The fourth-order valence-corrected chi connectivity index (χ4v) is 5.71. The zero-order valence-electron chi connectivity index (χ0n) is 24.4. The molecule has 3 aromatic rings. The summed E-state index contributed by atoms with van der Waals surface area (Å²) < 4.78 is 0. The third-order valence-electron chi connectivity index (χ3n) is 8.05. The van der Waals surface area contributed by atoms with Crippen LogP contribution >= 0.6 is 0 Å². The van der Waals surface area contributed by atoms with Crippen LogP contribution < -0.4 is 21.7 Å². The van der Waals surface area contributed by atoms with Crippen LogP contribution in [0.3, 0.4) is 0 Å². The summed E-state index contributed by atoms with van der Waals surface area (Å²) in [5.41, 5.74) is 8.69. The van der Waals surface area contributed by atoms with Crippen molar-refractivity contribution in [2.24, 2.45) is 22.6 Å². The van der Waals surface area contributed by atoms with Crippen molar-refractivity contribution in [3.63, 3.8) is 0 Å². The second-order valence-corrected chi connectivity index (χ2v) is 11.3. The number of amides is 3. The van der Waals surface area contributed by atoms with E-state index >= 15 is 0 Å². The van der Waals surface area contributed by atoms with Crippen molar-refractivity contribution in [1.29, 1.82) is 0 Å². The average molecular weight is 586 g/mol. The molecule has 1 fully saturated rings. The monoisotopic (exact) mass is 585 g/mol. The number of benzene rings is 3. The third-order valence-corrected chi connectivity index (χ3v) is 8.05. The minimum atomic E-state index is -1.07. The van der Waals surface area contributed by atoms with Gasteiger partial charge in [-0.25, -0.2) is 4.79 Å². The number of carbonyl (C=O) groups excluding carboxylic acids is 2. The normalized spacial score (nSPS) is 19.1. The number of aliphatic imine (C=N–C) groups is 1. The first-order valence-corrected chi connectivity index (χ1v) is 15.0. The van der Waals surface area contributed by atoms with Crippen molar-refractivity contribution in [3.8, 4) is 0 Å². The van der Waals surface area contributed by atoms with Crippen LogP contribution in [-0.4, -0.2) is 53.8 Å². The molecular weight excluding hydrogens is 542 g/mol. The lowest BCUT2D eigenvalue weighted by Gasteiger charge is -2.29. The second-order valence-electron chi connectivity index (χ2n) is 11.3. The van der Waals surface area contributed by atoms with E-state index in [0.29, 0.717) is 36.9 Å². The number of aliphatic hydroxyl groups excluding tert-OH is 2. The Hall–Kier alpha value is -4.21. The quantitative estimate of drug-likeness (QED) is 0.142. The Balaban J connectivity index is 1.25. The number of hydrogen-bond donors (Lipinski definition) is 6. The lowest BCUT2D eigenvalue weighted by molar-refractivity contribution is -0.122. The Morgan fingerprint density at radius 3 is 2.14 bits per heavy atom. The van der Waals surface area contributed by atoms with Gasteiger partial charge in [0.05, 0.1) is 18.6 Å². The summed E-state index contributed by atoms with van der Waals surface area (Å²) in [5, 5.41) is 28.4. The molecule has 5 unspecified atom stereocenters. The van der Waals surface area contributed by atoms with Crippen molar-refractivity contribution < 1.29 is 19.8 Å². The molecule has 1 aliphatic carbocycles. The summed E-state index contributed by atoms with van der Waals surface area (Å²) >= 11 is 0. The van der Waals surface area contributed by atoms with Crippen LogP contribution in [0.15, 0.2) is 96.0 Å². The van der Waals surface area contributed by atoms with Gasteiger partial charge in [-0.1, -0.05) is 97.4 Å². The molecule has 3 amide bonds. The first-order valence-electron chi connectivity index (χ1n) is 15.0. The first kappa shape index (κ1) is 31.7. The predicted molar refractivity (Wildman–Crippen MR) is 168 cm³/mol. The minimum absolute atomic E-state index is 0.0227. The molecule has 0 aromatic heterocycles. The number of rotatable bonds is 12. The highest BCUT2D eigenvalue weighted by Gasteiger charge is 2.26. The van der Waals surface area contributed by atoms with Gasteiger partial charge in [0, 0.05) is 13.1 Å². The van der Waals surface area contributed by atoms with E-state index in [1.807, 2.05) is 54.6 Å². The summed E-state index contributed by atoms with van der Waals surface area (Å²) in [5.74, 6) is 0.384. The number of nitrogens with two attached hydrogens (primary N) is 1. The number of nitrogens with one attached hydrogen (secondary N) is 3. The first-order chi connectivity index (χ1) is 20.9. The van der Waals surface area contributed by atoms with E-state index in [1.54, 1.807) is 24.3 Å². The van der Waals surface area contributed by atoms with E-state index in [9.17, 15) is 19.8 Å². The lowest BCUT2D eigenvalue weighted by Crippen LogP contribution is -2.50. The van der Waals surface area contributed by atoms with Gasteiger partial charge in [0.25, 0.3) is 0 Å². The summed E-state index contributed by atoms with van der Waals surface area (Å²) in [7, 11) is 0. The zero-order valence-corrected chi connectivity index (χ0v) is 24.4. The number of hydrogen-bond acceptors (Lipinski definition) is 5. The number of nitrogens with zero attached hydrogens (tertiary/aromatic N) is 1. The number of urea groups is 1. The lowest BCUT2D eigenvalue weighted by atomic mass is 9.81. The molecule has 0 saturated heterocycles. The molecule has 5 atom stereocenters. The zero-order chi connectivity index (χ0) is 30.4. The van der Waals surface area contributed by atoms with Crippen molar-refractivity contribution in [3.05, 3.63) is 108 Å². The van der Waals surface area contributed by atoms with E-state index in [4.69, 9.17) is 5.73 Å². The number of aliphatic hydroxyl groups is 2. The van der Waals surface area contributed by atoms with E-state index in [1.165, 1.54) is 0 Å². The van der Waals surface area contributed by atoms with Crippen molar-refractivity contribution in [1.82, 2.24) is 16.0 Å². The SMILES string of the molecule is NC(=NCC1CCCC(CNC(=O)C(Cc2ccccc2)c2ccccc2)C1)NC(=O)NC(CO)C(O)c1ccccc1. The third kappa shape index (κ3) is 9.94. The van der Waals surface area contributed by atoms with E-state index in [0.717, 1.165) is 36.8 Å². The van der Waals surface area contributed by atoms with Gasteiger partial charge in [-0.05, 0) is 54.2 Å². The summed E-state index contributed by atoms with van der Waals surface area (Å²) in [6.45, 7) is 0.631. The average Bonchev–Trinajstić information content (AvgIpc) is 3.05. The summed E-state index contributed by atoms with van der Waals surface area (Å²) in [4.78, 5) is 30.2. The van der Waals surface area contributed by atoms with Crippen LogP contribution in [0.1, 0.15) is 54.4 Å². The van der Waals surface area contributed by atoms with Crippen LogP contribution in [-0.2, 0) is 11.2 Å². The largest absolute Gasteiger partial charge is 0.394 e. The van der Waals surface area contributed by atoms with Crippen molar-refractivity contribution in [2.75, 3.05) is 19.7 Å². The molecule has 43 heavy (non-hydrogen) atoms. The maximum Gasteiger partial charge on any atom is 0.321 e. The van der Waals surface area contributed by atoms with Gasteiger partial charge >= 0.3 is 6.03 Å². The molecule has 0 bridgehead atoms. The molecule has 0 aliphatic heterocycles. The molecule has 1 aliphatic rings. The molecule has 9 nitrogen and oxygen atoms in total. The Labute approximate surface area is 253 Å². The van der Waals surface area contributed by atoms with Gasteiger partial charge in [-0.3, -0.25) is 15.1 Å². The van der Waals surface area contributed by atoms with Crippen LogP contribution in [0.4, 0.5) is 4.79 Å². The number of guanidine groups is 1. The molecule has 0 heterocycles. The van der Waals surface area contributed by atoms with Crippen LogP contribution in [0.25, 0.3) is 0 Å². The Morgan fingerprint density at radius 1 is 0.884 bits per heavy atom. The fraction of sp³-hybridized carbons (Fsp3) is 0.382. The topological polar surface area (TPSA) is 149 Å². The highest BCUT2D eigenvalue weighted by molar-refractivity contribution is 5.95. The highest BCUT2D eigenvalue weighted by atomic mass is 16.3. The smallest absolute Gasteiger partial charge is 0.321 e. The number of carbonyl (C=O) groups is 2. The highest BCUT2D eigenvalue weighted by Crippen LogP contribution is 2.29. The molecule has 4 rings (SSSR count). The predicted octanol–water partition coefficient (Wildman–Crippen LogP) is 3.64. The van der Waals surface area contributed by atoms with Gasteiger partial charge in [0.1, 0.15) is 6.10 Å². The van der Waals surface area contributed by atoms with Gasteiger partial charge in [0.15, 0.2) is 5.96 Å². The maximum absolute atomic E-state index is 13.4. The van der Waals surface area contributed by atoms with Crippen molar-refractivity contribution in [2.45, 2.75) is 50.2 Å².